The van der Waals surface area contributed by atoms with Crippen molar-refractivity contribution in [1.82, 2.24) is 24.8 Å². The monoisotopic (exact) mass is 547 g/mol. The summed E-state index contributed by atoms with van der Waals surface area (Å²) in [6, 6.07) is 4.21. The lowest BCUT2D eigenvalue weighted by Crippen LogP contribution is -2.57. The SMILES string of the molecule is Cc1c(Br)c(=O)n(C2CCCC2)c2nc(Nc3ccc(N4CCNC(C)(C)C4)cn3)ncc12.Cl. The summed E-state index contributed by atoms with van der Waals surface area (Å²) in [5.74, 6) is 1.12. The normalized spacial score (nSPS) is 18.2. The topological polar surface area (TPSA) is 88.0 Å². The van der Waals surface area contributed by atoms with E-state index in [1.165, 1.54) is 0 Å². The predicted molar refractivity (Wildman–Crippen MR) is 143 cm³/mol. The number of piperazine rings is 1. The van der Waals surface area contributed by atoms with Gasteiger partial charge in [-0.05, 0) is 67.2 Å². The first-order chi connectivity index (χ1) is 15.8. The lowest BCUT2D eigenvalue weighted by molar-refractivity contribution is 0.353. The molecule has 0 spiro atoms. The van der Waals surface area contributed by atoms with Gasteiger partial charge in [0.2, 0.25) is 5.95 Å². The summed E-state index contributed by atoms with van der Waals surface area (Å²) in [5, 5.41) is 7.65. The van der Waals surface area contributed by atoms with Crippen molar-refractivity contribution >= 4 is 56.8 Å². The number of pyridine rings is 2. The molecule has 0 radical (unpaired) electrons. The molecule has 2 fully saturated rings. The van der Waals surface area contributed by atoms with Gasteiger partial charge in [0.15, 0.2) is 0 Å². The molecule has 0 amide bonds. The maximum absolute atomic E-state index is 13.1. The molecule has 0 bridgehead atoms. The molecule has 1 saturated carbocycles. The summed E-state index contributed by atoms with van der Waals surface area (Å²) in [4.78, 5) is 29.3. The van der Waals surface area contributed by atoms with Gasteiger partial charge in [-0.3, -0.25) is 9.36 Å². The fourth-order valence-electron chi connectivity index (χ4n) is 4.99. The Hall–Kier alpha value is -2.23. The second kappa shape index (κ2) is 9.79. The zero-order valence-corrected chi connectivity index (χ0v) is 22.2. The Morgan fingerprint density at radius 3 is 2.62 bits per heavy atom. The van der Waals surface area contributed by atoms with Crippen LogP contribution in [0.1, 0.15) is 51.1 Å². The van der Waals surface area contributed by atoms with E-state index < -0.39 is 0 Å². The van der Waals surface area contributed by atoms with Gasteiger partial charge in [0.1, 0.15) is 11.5 Å². The molecule has 2 N–H and O–H groups in total. The van der Waals surface area contributed by atoms with Crippen LogP contribution in [0.5, 0.6) is 0 Å². The Balaban J connectivity index is 0.00000274. The van der Waals surface area contributed by atoms with E-state index >= 15 is 0 Å². The fourth-order valence-corrected chi connectivity index (χ4v) is 5.39. The van der Waals surface area contributed by atoms with E-state index in [9.17, 15) is 4.79 Å². The standard InChI is InChI=1S/C24H30BrN7O.ClH/c1-15-18-13-27-23(30-21(18)32(22(33)20(15)25)16-6-4-5-7-16)29-19-9-8-17(12-26-19)31-11-10-28-24(2,3)14-31;/h8-9,12-13,16,28H,4-7,10-11,14H2,1-3H3,(H,26,27,29,30);1H. The quantitative estimate of drug-likeness (QED) is 0.487. The average Bonchev–Trinajstić information content (AvgIpc) is 3.32. The number of anilines is 3. The van der Waals surface area contributed by atoms with Crippen LogP contribution >= 0.6 is 28.3 Å². The highest BCUT2D eigenvalue weighted by Gasteiger charge is 2.26. The maximum atomic E-state index is 13.1. The van der Waals surface area contributed by atoms with Gasteiger partial charge in [0, 0.05) is 42.8 Å². The van der Waals surface area contributed by atoms with Crippen molar-refractivity contribution in [1.29, 1.82) is 0 Å². The van der Waals surface area contributed by atoms with Gasteiger partial charge in [-0.1, -0.05) is 12.8 Å². The molecule has 3 aromatic rings. The van der Waals surface area contributed by atoms with Crippen LogP contribution in [0.3, 0.4) is 0 Å². The number of nitrogens with one attached hydrogen (secondary N) is 2. The number of hydrogen-bond donors (Lipinski definition) is 2. The lowest BCUT2D eigenvalue weighted by atomic mass is 10.0. The Bertz CT molecular complexity index is 1240. The molecule has 1 saturated heterocycles. The third-order valence-corrected chi connectivity index (χ3v) is 7.68. The Kier molecular flexibility index (Phi) is 7.17. The number of halogens is 2. The van der Waals surface area contributed by atoms with Crippen LogP contribution in [0.15, 0.2) is 33.8 Å². The minimum absolute atomic E-state index is 0. The Morgan fingerprint density at radius 2 is 1.94 bits per heavy atom. The van der Waals surface area contributed by atoms with E-state index in [4.69, 9.17) is 4.98 Å². The molecule has 2 aliphatic rings. The highest BCUT2D eigenvalue weighted by molar-refractivity contribution is 9.10. The molecule has 0 aromatic carbocycles. The van der Waals surface area contributed by atoms with Gasteiger partial charge >= 0.3 is 0 Å². The van der Waals surface area contributed by atoms with Crippen molar-refractivity contribution in [2.45, 2.75) is 58.0 Å². The summed E-state index contributed by atoms with van der Waals surface area (Å²) in [7, 11) is 0. The molecule has 8 nitrogen and oxygen atoms in total. The molecule has 1 aliphatic heterocycles. The van der Waals surface area contributed by atoms with Gasteiger partial charge in [-0.25, -0.2) is 9.97 Å². The fraction of sp³-hybridized carbons (Fsp3) is 0.500. The van der Waals surface area contributed by atoms with Crippen molar-refractivity contribution < 1.29 is 0 Å². The highest BCUT2D eigenvalue weighted by Crippen LogP contribution is 2.32. The van der Waals surface area contributed by atoms with Gasteiger partial charge in [-0.15, -0.1) is 12.4 Å². The van der Waals surface area contributed by atoms with Crippen molar-refractivity contribution in [2.24, 2.45) is 0 Å². The summed E-state index contributed by atoms with van der Waals surface area (Å²) in [6.45, 7) is 9.20. The van der Waals surface area contributed by atoms with Crippen LogP contribution in [-0.4, -0.2) is 44.7 Å². The number of aryl methyl sites for hydroxylation is 1. The Morgan fingerprint density at radius 1 is 1.18 bits per heavy atom. The summed E-state index contributed by atoms with van der Waals surface area (Å²) >= 11 is 3.49. The maximum Gasteiger partial charge on any atom is 0.267 e. The summed E-state index contributed by atoms with van der Waals surface area (Å²) in [5.41, 5.74) is 2.72. The third-order valence-electron chi connectivity index (χ3n) is 6.75. The van der Waals surface area contributed by atoms with E-state index in [1.807, 2.05) is 23.8 Å². The van der Waals surface area contributed by atoms with Crippen LogP contribution in [0, 0.1) is 6.92 Å². The van der Waals surface area contributed by atoms with E-state index in [2.05, 4.69) is 61.3 Å². The van der Waals surface area contributed by atoms with E-state index in [-0.39, 0.29) is 29.5 Å². The zero-order valence-electron chi connectivity index (χ0n) is 19.8. The van der Waals surface area contributed by atoms with Crippen LogP contribution in [-0.2, 0) is 0 Å². The van der Waals surface area contributed by atoms with Crippen LogP contribution < -0.4 is 21.1 Å². The first kappa shape index (κ1) is 24.9. The minimum Gasteiger partial charge on any atom is -0.367 e. The largest absolute Gasteiger partial charge is 0.367 e. The van der Waals surface area contributed by atoms with Gasteiger partial charge < -0.3 is 15.5 Å². The van der Waals surface area contributed by atoms with Gasteiger partial charge in [0.05, 0.1) is 16.4 Å². The van der Waals surface area contributed by atoms with Crippen molar-refractivity contribution in [2.75, 3.05) is 29.9 Å². The van der Waals surface area contributed by atoms with Gasteiger partial charge in [-0.2, -0.15) is 4.98 Å². The summed E-state index contributed by atoms with van der Waals surface area (Å²) < 4.78 is 2.45. The van der Waals surface area contributed by atoms with Crippen LogP contribution in [0.25, 0.3) is 11.0 Å². The van der Waals surface area contributed by atoms with E-state index in [0.717, 1.165) is 62.0 Å². The molecular formula is C24H31BrClN7O. The first-order valence-electron chi connectivity index (χ1n) is 11.6. The van der Waals surface area contributed by atoms with Crippen LogP contribution in [0.4, 0.5) is 17.5 Å². The molecule has 34 heavy (non-hydrogen) atoms. The average molecular weight is 549 g/mol. The highest BCUT2D eigenvalue weighted by atomic mass is 79.9. The minimum atomic E-state index is -0.0158. The second-order valence-electron chi connectivity index (χ2n) is 9.74. The number of rotatable bonds is 4. The predicted octanol–water partition coefficient (Wildman–Crippen LogP) is 4.73. The van der Waals surface area contributed by atoms with E-state index in [0.29, 0.717) is 21.9 Å². The summed E-state index contributed by atoms with van der Waals surface area (Å²) in [6.07, 6.45) is 7.97. The third kappa shape index (κ3) is 4.78. The van der Waals surface area contributed by atoms with E-state index in [1.54, 1.807) is 6.20 Å². The molecule has 0 atom stereocenters. The first-order valence-corrected chi connectivity index (χ1v) is 12.4. The van der Waals surface area contributed by atoms with Crippen molar-refractivity contribution in [3.63, 3.8) is 0 Å². The van der Waals surface area contributed by atoms with Gasteiger partial charge in [0.25, 0.3) is 5.56 Å². The smallest absolute Gasteiger partial charge is 0.267 e. The zero-order chi connectivity index (χ0) is 23.2. The van der Waals surface area contributed by atoms with Crippen molar-refractivity contribution in [3.05, 3.63) is 44.9 Å². The number of hydrogen-bond acceptors (Lipinski definition) is 7. The molecule has 182 valence electrons. The molecule has 10 heteroatoms. The lowest BCUT2D eigenvalue weighted by Gasteiger charge is -2.40. The number of nitrogens with zero attached hydrogens (tertiary/aromatic N) is 5. The molecule has 1 aliphatic carbocycles. The van der Waals surface area contributed by atoms with Crippen LogP contribution in [0.2, 0.25) is 0 Å². The van der Waals surface area contributed by atoms with Crippen molar-refractivity contribution in [3.8, 4) is 0 Å². The molecule has 4 heterocycles. The Labute approximate surface area is 214 Å². The number of fused-ring (bicyclic) bond motifs is 1. The molecule has 3 aromatic heterocycles. The second-order valence-corrected chi connectivity index (χ2v) is 10.5. The molecule has 0 unspecified atom stereocenters. The number of aromatic nitrogens is 4. The molecular weight excluding hydrogens is 518 g/mol. The molecule has 5 rings (SSSR count).